The van der Waals surface area contributed by atoms with Gasteiger partial charge < -0.3 is 5.73 Å². The van der Waals surface area contributed by atoms with E-state index in [0.717, 1.165) is 18.9 Å². The fourth-order valence-corrected chi connectivity index (χ4v) is 2.16. The first-order valence-electron chi connectivity index (χ1n) is 5.92. The molecule has 1 aliphatic rings. The van der Waals surface area contributed by atoms with Crippen molar-refractivity contribution in [3.05, 3.63) is 47.8 Å². The molecule has 6 heteroatoms. The van der Waals surface area contributed by atoms with Gasteiger partial charge in [-0.1, -0.05) is 12.1 Å². The second kappa shape index (κ2) is 3.84. The van der Waals surface area contributed by atoms with Gasteiger partial charge >= 0.3 is 6.18 Å². The van der Waals surface area contributed by atoms with Crippen molar-refractivity contribution in [2.45, 2.75) is 24.6 Å². The molecule has 0 radical (unpaired) electrons. The van der Waals surface area contributed by atoms with Gasteiger partial charge in [0.25, 0.3) is 0 Å². The van der Waals surface area contributed by atoms with Crippen LogP contribution in [0.25, 0.3) is 5.69 Å². The highest BCUT2D eigenvalue weighted by Gasteiger charge is 2.44. The van der Waals surface area contributed by atoms with Gasteiger partial charge in [-0.25, -0.2) is 4.68 Å². The maximum absolute atomic E-state index is 13.0. The van der Waals surface area contributed by atoms with Crippen molar-refractivity contribution in [3.8, 4) is 5.69 Å². The van der Waals surface area contributed by atoms with Gasteiger partial charge in [-0.2, -0.15) is 18.3 Å². The molecule has 1 saturated carbocycles. The maximum Gasteiger partial charge on any atom is 0.418 e. The van der Waals surface area contributed by atoms with E-state index < -0.39 is 17.3 Å². The number of para-hydroxylation sites is 1. The maximum atomic E-state index is 13.0. The van der Waals surface area contributed by atoms with Crippen LogP contribution in [0.3, 0.4) is 0 Å². The number of hydrogen-bond donors (Lipinski definition) is 1. The molecule has 19 heavy (non-hydrogen) atoms. The molecule has 3 nitrogen and oxygen atoms in total. The van der Waals surface area contributed by atoms with Gasteiger partial charge in [-0.3, -0.25) is 0 Å². The number of alkyl halides is 3. The highest BCUT2D eigenvalue weighted by Crippen LogP contribution is 2.44. The molecule has 1 aromatic heterocycles. The van der Waals surface area contributed by atoms with E-state index in [1.165, 1.54) is 23.0 Å². The first-order valence-corrected chi connectivity index (χ1v) is 5.92. The van der Waals surface area contributed by atoms with E-state index in [2.05, 4.69) is 5.10 Å². The van der Waals surface area contributed by atoms with Crippen molar-refractivity contribution in [2.75, 3.05) is 0 Å². The lowest BCUT2D eigenvalue weighted by molar-refractivity contribution is -0.137. The van der Waals surface area contributed by atoms with Crippen LogP contribution in [0.1, 0.15) is 24.1 Å². The van der Waals surface area contributed by atoms with E-state index in [4.69, 9.17) is 5.73 Å². The highest BCUT2D eigenvalue weighted by atomic mass is 19.4. The van der Waals surface area contributed by atoms with Gasteiger partial charge in [-0.15, -0.1) is 0 Å². The first kappa shape index (κ1) is 12.2. The molecule has 0 aliphatic heterocycles. The SMILES string of the molecule is NC1(c2ccnn2-c2ccccc2C(F)(F)F)CC1. The largest absolute Gasteiger partial charge is 0.418 e. The second-order valence-electron chi connectivity index (χ2n) is 4.80. The molecule has 1 aromatic carbocycles. The Morgan fingerprint density at radius 1 is 1.16 bits per heavy atom. The third-order valence-electron chi connectivity index (χ3n) is 3.38. The summed E-state index contributed by atoms with van der Waals surface area (Å²) in [6.45, 7) is 0. The van der Waals surface area contributed by atoms with E-state index in [-0.39, 0.29) is 5.69 Å². The third kappa shape index (κ3) is 2.02. The average molecular weight is 267 g/mol. The number of nitrogens with two attached hydrogens (primary N) is 1. The van der Waals surface area contributed by atoms with E-state index >= 15 is 0 Å². The van der Waals surface area contributed by atoms with Gasteiger partial charge in [0.1, 0.15) is 0 Å². The Balaban J connectivity index is 2.16. The number of rotatable bonds is 2. The minimum Gasteiger partial charge on any atom is -0.320 e. The smallest absolute Gasteiger partial charge is 0.320 e. The Kier molecular flexibility index (Phi) is 2.47. The summed E-state index contributed by atoms with van der Waals surface area (Å²) in [5.41, 5.74) is 5.48. The molecule has 1 heterocycles. The van der Waals surface area contributed by atoms with Gasteiger partial charge in [0, 0.05) is 6.20 Å². The molecule has 2 N–H and O–H groups in total. The molecule has 3 rings (SSSR count). The summed E-state index contributed by atoms with van der Waals surface area (Å²) in [5.74, 6) is 0. The zero-order valence-corrected chi connectivity index (χ0v) is 9.98. The zero-order chi connectivity index (χ0) is 13.7. The molecular formula is C13H12F3N3. The normalized spacial score (nSPS) is 17.5. The topological polar surface area (TPSA) is 43.8 Å². The number of benzene rings is 1. The van der Waals surface area contributed by atoms with Crippen LogP contribution in [0.2, 0.25) is 0 Å². The van der Waals surface area contributed by atoms with Crippen molar-refractivity contribution in [3.63, 3.8) is 0 Å². The molecule has 0 bridgehead atoms. The Labute approximate surface area is 107 Å². The number of hydrogen-bond acceptors (Lipinski definition) is 2. The molecular weight excluding hydrogens is 255 g/mol. The molecule has 1 aliphatic carbocycles. The van der Waals surface area contributed by atoms with Crippen molar-refractivity contribution in [1.82, 2.24) is 9.78 Å². The van der Waals surface area contributed by atoms with E-state index in [0.29, 0.717) is 5.69 Å². The van der Waals surface area contributed by atoms with Crippen LogP contribution in [0, 0.1) is 0 Å². The number of nitrogens with zero attached hydrogens (tertiary/aromatic N) is 2. The predicted molar refractivity (Wildman–Crippen MR) is 63.7 cm³/mol. The first-order chi connectivity index (χ1) is 8.92. The second-order valence-corrected chi connectivity index (χ2v) is 4.80. The van der Waals surface area contributed by atoms with Gasteiger partial charge in [0.05, 0.1) is 22.5 Å². The predicted octanol–water partition coefficient (Wildman–Crippen LogP) is 2.84. The Morgan fingerprint density at radius 3 is 2.47 bits per heavy atom. The lowest BCUT2D eigenvalue weighted by Gasteiger charge is -2.17. The summed E-state index contributed by atoms with van der Waals surface area (Å²) in [5, 5.41) is 4.00. The van der Waals surface area contributed by atoms with Gasteiger partial charge in [-0.05, 0) is 31.0 Å². The average Bonchev–Trinajstić information content (AvgIpc) is 2.93. The summed E-state index contributed by atoms with van der Waals surface area (Å²) in [7, 11) is 0. The summed E-state index contributed by atoms with van der Waals surface area (Å²) in [4.78, 5) is 0. The minimum absolute atomic E-state index is 0.0201. The highest BCUT2D eigenvalue weighted by molar-refractivity contribution is 5.44. The third-order valence-corrected chi connectivity index (χ3v) is 3.38. The van der Waals surface area contributed by atoms with E-state index in [1.807, 2.05) is 0 Å². The standard InChI is InChI=1S/C13H12F3N3/c14-13(15,16)9-3-1-2-4-10(9)19-11(5-8-18-19)12(17)6-7-12/h1-5,8H,6-7,17H2. The Morgan fingerprint density at radius 2 is 1.84 bits per heavy atom. The fraction of sp³-hybridized carbons (Fsp3) is 0.308. The quantitative estimate of drug-likeness (QED) is 0.909. The minimum atomic E-state index is -4.41. The summed E-state index contributed by atoms with van der Waals surface area (Å²) in [6, 6.07) is 7.07. The number of aromatic nitrogens is 2. The van der Waals surface area contributed by atoms with Gasteiger partial charge in [0.2, 0.25) is 0 Å². The van der Waals surface area contributed by atoms with Crippen LogP contribution in [-0.4, -0.2) is 9.78 Å². The van der Waals surface area contributed by atoms with Gasteiger partial charge in [0.15, 0.2) is 0 Å². The molecule has 0 unspecified atom stereocenters. The van der Waals surface area contributed by atoms with Crippen LogP contribution in [-0.2, 0) is 11.7 Å². The fourth-order valence-electron chi connectivity index (χ4n) is 2.16. The van der Waals surface area contributed by atoms with E-state index in [1.54, 1.807) is 12.1 Å². The molecule has 0 spiro atoms. The van der Waals surface area contributed by atoms with Crippen molar-refractivity contribution in [1.29, 1.82) is 0 Å². The Hall–Kier alpha value is -1.82. The Bertz CT molecular complexity index is 612. The number of halogens is 3. The van der Waals surface area contributed by atoms with Crippen LogP contribution >= 0.6 is 0 Å². The molecule has 0 amide bonds. The molecule has 2 aromatic rings. The lowest BCUT2D eigenvalue weighted by atomic mass is 10.1. The molecule has 0 saturated heterocycles. The van der Waals surface area contributed by atoms with Crippen LogP contribution in [0.5, 0.6) is 0 Å². The molecule has 100 valence electrons. The van der Waals surface area contributed by atoms with Crippen LogP contribution in [0.15, 0.2) is 36.5 Å². The summed E-state index contributed by atoms with van der Waals surface area (Å²) >= 11 is 0. The molecule has 1 fully saturated rings. The monoisotopic (exact) mass is 267 g/mol. The van der Waals surface area contributed by atoms with Crippen LogP contribution < -0.4 is 5.73 Å². The van der Waals surface area contributed by atoms with E-state index in [9.17, 15) is 13.2 Å². The zero-order valence-electron chi connectivity index (χ0n) is 9.98. The van der Waals surface area contributed by atoms with Crippen molar-refractivity contribution in [2.24, 2.45) is 5.73 Å². The lowest BCUT2D eigenvalue weighted by Crippen LogP contribution is -2.24. The van der Waals surface area contributed by atoms with Crippen molar-refractivity contribution < 1.29 is 13.2 Å². The summed E-state index contributed by atoms with van der Waals surface area (Å²) in [6.07, 6.45) is -1.39. The van der Waals surface area contributed by atoms with Crippen LogP contribution in [0.4, 0.5) is 13.2 Å². The molecule has 0 atom stereocenters. The van der Waals surface area contributed by atoms with Crippen molar-refractivity contribution >= 4 is 0 Å². The summed E-state index contributed by atoms with van der Waals surface area (Å²) < 4.78 is 40.3.